The summed E-state index contributed by atoms with van der Waals surface area (Å²) < 4.78 is 0. The molecule has 24 heavy (non-hydrogen) atoms. The Hall–Kier alpha value is -1.88. The predicted molar refractivity (Wildman–Crippen MR) is 95.7 cm³/mol. The van der Waals surface area contributed by atoms with Crippen LogP contribution in [0.3, 0.4) is 0 Å². The summed E-state index contributed by atoms with van der Waals surface area (Å²) >= 11 is 0. The lowest BCUT2D eigenvalue weighted by Crippen LogP contribution is -2.48. The van der Waals surface area contributed by atoms with Gasteiger partial charge in [-0.3, -0.25) is 9.59 Å². The van der Waals surface area contributed by atoms with Crippen LogP contribution in [0.2, 0.25) is 0 Å². The first-order valence-electron chi connectivity index (χ1n) is 8.80. The smallest absolute Gasteiger partial charge is 0.234 e. The van der Waals surface area contributed by atoms with Crippen molar-refractivity contribution in [2.75, 3.05) is 19.6 Å². The second-order valence-corrected chi connectivity index (χ2v) is 6.72. The van der Waals surface area contributed by atoms with Crippen molar-refractivity contribution in [2.24, 2.45) is 0 Å². The molecule has 2 rings (SSSR count). The molecule has 2 N–H and O–H groups in total. The van der Waals surface area contributed by atoms with Crippen LogP contribution in [0.15, 0.2) is 30.3 Å². The predicted octanol–water partition coefficient (Wildman–Crippen LogP) is 1.90. The quantitative estimate of drug-likeness (QED) is 0.837. The number of likely N-dealkylation sites (tertiary alicyclic amines) is 1. The summed E-state index contributed by atoms with van der Waals surface area (Å²) in [4.78, 5) is 25.3. The van der Waals surface area contributed by atoms with Crippen LogP contribution < -0.4 is 10.6 Å². The Labute approximate surface area is 144 Å². The molecule has 5 nitrogen and oxygen atoms in total. The van der Waals surface area contributed by atoms with Crippen molar-refractivity contribution >= 4 is 11.8 Å². The summed E-state index contributed by atoms with van der Waals surface area (Å²) in [5, 5.41) is 6.39. The van der Waals surface area contributed by atoms with Crippen LogP contribution in [0, 0.1) is 0 Å². The zero-order valence-electron chi connectivity index (χ0n) is 14.9. The van der Waals surface area contributed by atoms with Crippen molar-refractivity contribution in [3.8, 4) is 0 Å². The molecule has 0 saturated carbocycles. The summed E-state index contributed by atoms with van der Waals surface area (Å²) in [7, 11) is 0. The fraction of sp³-hybridized carbons (Fsp3) is 0.579. The highest BCUT2D eigenvalue weighted by atomic mass is 16.2. The van der Waals surface area contributed by atoms with Gasteiger partial charge in [-0.25, -0.2) is 0 Å². The third kappa shape index (κ3) is 5.34. The van der Waals surface area contributed by atoms with E-state index in [1.54, 1.807) is 6.92 Å². The highest BCUT2D eigenvalue weighted by Crippen LogP contribution is 2.18. The second kappa shape index (κ2) is 8.83. The molecule has 0 aromatic heterocycles. The van der Waals surface area contributed by atoms with Gasteiger partial charge in [-0.1, -0.05) is 37.3 Å². The van der Waals surface area contributed by atoms with E-state index < -0.39 is 0 Å². The first-order chi connectivity index (χ1) is 11.5. The average Bonchev–Trinajstić information content (AvgIpc) is 2.60. The lowest BCUT2D eigenvalue weighted by molar-refractivity contribution is -0.130. The monoisotopic (exact) mass is 331 g/mol. The van der Waals surface area contributed by atoms with Gasteiger partial charge in [0, 0.05) is 32.1 Å². The van der Waals surface area contributed by atoms with Crippen molar-refractivity contribution in [1.82, 2.24) is 15.5 Å². The standard InChI is InChI=1S/C19H29N3O2/c1-14(17-7-5-4-6-8-17)15(2)20-13-19(24)21-18-9-11-22(12-10-18)16(3)23/h4-8,14-15,18,20H,9-13H2,1-3H3,(H,21,24)/t14-,15+/m0/s1. The van der Waals surface area contributed by atoms with Crippen molar-refractivity contribution in [3.63, 3.8) is 0 Å². The van der Waals surface area contributed by atoms with Crippen LogP contribution in [0.5, 0.6) is 0 Å². The van der Waals surface area contributed by atoms with E-state index in [-0.39, 0.29) is 23.9 Å². The number of amides is 2. The molecule has 0 radical (unpaired) electrons. The molecule has 1 heterocycles. The summed E-state index contributed by atoms with van der Waals surface area (Å²) in [6.07, 6.45) is 1.67. The van der Waals surface area contributed by atoms with E-state index >= 15 is 0 Å². The lowest BCUT2D eigenvalue weighted by atomic mass is 9.94. The van der Waals surface area contributed by atoms with Crippen molar-refractivity contribution in [1.29, 1.82) is 0 Å². The number of nitrogens with one attached hydrogen (secondary N) is 2. The van der Waals surface area contributed by atoms with Crippen LogP contribution >= 0.6 is 0 Å². The van der Waals surface area contributed by atoms with Gasteiger partial charge in [0.05, 0.1) is 6.54 Å². The fourth-order valence-electron chi connectivity index (χ4n) is 3.09. The summed E-state index contributed by atoms with van der Waals surface area (Å²) in [5.74, 6) is 0.492. The van der Waals surface area contributed by atoms with E-state index in [1.807, 2.05) is 23.1 Å². The van der Waals surface area contributed by atoms with Gasteiger partial charge in [-0.05, 0) is 31.2 Å². The molecule has 5 heteroatoms. The molecular weight excluding hydrogens is 302 g/mol. The molecule has 1 aromatic carbocycles. The topological polar surface area (TPSA) is 61.4 Å². The Morgan fingerprint density at radius 3 is 2.38 bits per heavy atom. The maximum absolute atomic E-state index is 12.1. The van der Waals surface area contributed by atoms with Gasteiger partial charge in [0.2, 0.25) is 11.8 Å². The normalized spacial score (nSPS) is 18.0. The van der Waals surface area contributed by atoms with Gasteiger partial charge >= 0.3 is 0 Å². The SMILES string of the molecule is CC(=O)N1CCC(NC(=O)CN[C@H](C)[C@H](C)c2ccccc2)CC1. The fourth-order valence-corrected chi connectivity index (χ4v) is 3.09. The maximum atomic E-state index is 12.1. The van der Waals surface area contributed by atoms with E-state index in [1.165, 1.54) is 5.56 Å². The molecule has 1 saturated heterocycles. The second-order valence-electron chi connectivity index (χ2n) is 6.72. The molecule has 2 amide bonds. The third-order valence-electron chi connectivity index (χ3n) is 4.97. The molecule has 1 aromatic rings. The maximum Gasteiger partial charge on any atom is 0.234 e. The van der Waals surface area contributed by atoms with Crippen LogP contribution in [0.25, 0.3) is 0 Å². The van der Waals surface area contributed by atoms with E-state index in [0.717, 1.165) is 25.9 Å². The van der Waals surface area contributed by atoms with Crippen LogP contribution in [-0.2, 0) is 9.59 Å². The molecule has 0 spiro atoms. The van der Waals surface area contributed by atoms with Gasteiger partial charge < -0.3 is 15.5 Å². The van der Waals surface area contributed by atoms with Crippen molar-refractivity contribution < 1.29 is 9.59 Å². The minimum atomic E-state index is 0.0309. The summed E-state index contributed by atoms with van der Waals surface area (Å²) in [6, 6.07) is 10.7. The number of hydrogen-bond donors (Lipinski definition) is 2. The minimum absolute atomic E-state index is 0.0309. The van der Waals surface area contributed by atoms with Crippen LogP contribution in [0.4, 0.5) is 0 Å². The van der Waals surface area contributed by atoms with Crippen molar-refractivity contribution in [2.45, 2.75) is 51.6 Å². The van der Waals surface area contributed by atoms with Crippen LogP contribution in [-0.4, -0.2) is 48.4 Å². The number of piperidine rings is 1. The first-order valence-corrected chi connectivity index (χ1v) is 8.80. The molecular formula is C19H29N3O2. The average molecular weight is 331 g/mol. The van der Waals surface area contributed by atoms with E-state index in [4.69, 9.17) is 0 Å². The highest BCUT2D eigenvalue weighted by molar-refractivity contribution is 5.78. The number of hydrogen-bond acceptors (Lipinski definition) is 3. The molecule has 0 aliphatic carbocycles. The molecule has 1 aliphatic rings. The van der Waals surface area contributed by atoms with E-state index in [0.29, 0.717) is 12.5 Å². The summed E-state index contributed by atoms with van der Waals surface area (Å²) in [5.41, 5.74) is 1.27. The first kappa shape index (κ1) is 18.5. The van der Waals surface area contributed by atoms with E-state index in [2.05, 4.69) is 36.6 Å². The van der Waals surface area contributed by atoms with E-state index in [9.17, 15) is 9.59 Å². The Bertz CT molecular complexity index is 539. The number of carbonyl (C=O) groups is 2. The molecule has 0 bridgehead atoms. The lowest BCUT2D eigenvalue weighted by Gasteiger charge is -2.32. The number of nitrogens with zero attached hydrogens (tertiary/aromatic N) is 1. The highest BCUT2D eigenvalue weighted by Gasteiger charge is 2.22. The molecule has 2 atom stereocenters. The Morgan fingerprint density at radius 2 is 1.79 bits per heavy atom. The molecule has 1 fully saturated rings. The van der Waals surface area contributed by atoms with Gasteiger partial charge in [-0.2, -0.15) is 0 Å². The number of carbonyl (C=O) groups excluding carboxylic acids is 2. The summed E-state index contributed by atoms with van der Waals surface area (Å²) in [6.45, 7) is 7.66. The molecule has 1 aliphatic heterocycles. The zero-order valence-corrected chi connectivity index (χ0v) is 14.9. The van der Waals surface area contributed by atoms with Gasteiger partial charge in [0.1, 0.15) is 0 Å². The Balaban J connectivity index is 1.70. The Kier molecular flexibility index (Phi) is 6.79. The minimum Gasteiger partial charge on any atom is -0.352 e. The largest absolute Gasteiger partial charge is 0.352 e. The Morgan fingerprint density at radius 1 is 1.17 bits per heavy atom. The molecule has 132 valence electrons. The van der Waals surface area contributed by atoms with Gasteiger partial charge in [-0.15, -0.1) is 0 Å². The zero-order chi connectivity index (χ0) is 17.5. The third-order valence-corrected chi connectivity index (χ3v) is 4.97. The number of rotatable bonds is 6. The van der Waals surface area contributed by atoms with Crippen LogP contribution in [0.1, 0.15) is 45.1 Å². The molecule has 0 unspecified atom stereocenters. The van der Waals surface area contributed by atoms with Crippen molar-refractivity contribution in [3.05, 3.63) is 35.9 Å². The number of benzene rings is 1. The van der Waals surface area contributed by atoms with Gasteiger partial charge in [0.25, 0.3) is 0 Å². The van der Waals surface area contributed by atoms with Gasteiger partial charge in [0.15, 0.2) is 0 Å².